The first-order valence-corrected chi connectivity index (χ1v) is 8.70. The fraction of sp³-hybridized carbons (Fsp3) is 1.00. The lowest BCUT2D eigenvalue weighted by molar-refractivity contribution is 0.0994. The molecule has 19 heavy (non-hydrogen) atoms. The van der Waals surface area contributed by atoms with Crippen molar-refractivity contribution >= 4 is 0 Å². The normalized spacial score (nSPS) is 37.4. The Balaban J connectivity index is 1.72. The molecule has 0 aromatic carbocycles. The van der Waals surface area contributed by atoms with Gasteiger partial charge in [-0.15, -0.1) is 0 Å². The van der Waals surface area contributed by atoms with Gasteiger partial charge in [0.2, 0.25) is 0 Å². The highest BCUT2D eigenvalue weighted by molar-refractivity contribution is 4.85. The van der Waals surface area contributed by atoms with Gasteiger partial charge in [-0.3, -0.25) is 0 Å². The van der Waals surface area contributed by atoms with Crippen LogP contribution in [0.2, 0.25) is 0 Å². The predicted octanol–water partition coefficient (Wildman–Crippen LogP) is 3.67. The molecule has 2 heteroatoms. The van der Waals surface area contributed by atoms with E-state index >= 15 is 0 Å². The summed E-state index contributed by atoms with van der Waals surface area (Å²) in [6, 6.07) is 1.55. The molecule has 2 unspecified atom stereocenters. The molecule has 2 aliphatic rings. The van der Waals surface area contributed by atoms with Gasteiger partial charge in [0, 0.05) is 18.6 Å². The zero-order chi connectivity index (χ0) is 13.7. The van der Waals surface area contributed by atoms with E-state index in [0.29, 0.717) is 0 Å². The number of hydrogen-bond donors (Lipinski definition) is 1. The van der Waals surface area contributed by atoms with Crippen molar-refractivity contribution in [2.75, 3.05) is 19.6 Å². The number of likely N-dealkylation sites (tertiary alicyclic amines) is 1. The third kappa shape index (κ3) is 4.46. The van der Waals surface area contributed by atoms with E-state index in [9.17, 15) is 0 Å². The molecular formula is C17H34N2. The summed E-state index contributed by atoms with van der Waals surface area (Å²) >= 11 is 0. The Hall–Kier alpha value is -0.0800. The first-order valence-electron chi connectivity index (χ1n) is 8.70. The van der Waals surface area contributed by atoms with Gasteiger partial charge in [-0.05, 0) is 57.5 Å². The molecular weight excluding hydrogens is 232 g/mol. The maximum absolute atomic E-state index is 3.63. The second-order valence-electron chi connectivity index (χ2n) is 6.92. The zero-order valence-corrected chi connectivity index (χ0v) is 13.3. The zero-order valence-electron chi connectivity index (χ0n) is 13.3. The van der Waals surface area contributed by atoms with Crippen LogP contribution in [0.25, 0.3) is 0 Å². The summed E-state index contributed by atoms with van der Waals surface area (Å²) in [4.78, 5) is 2.77. The minimum atomic E-state index is 0.770. The van der Waals surface area contributed by atoms with Gasteiger partial charge >= 0.3 is 0 Å². The van der Waals surface area contributed by atoms with E-state index in [0.717, 1.165) is 30.5 Å². The lowest BCUT2D eigenvalue weighted by Crippen LogP contribution is -2.49. The molecule has 0 bridgehead atoms. The minimum Gasteiger partial charge on any atom is -0.314 e. The Morgan fingerprint density at radius 2 is 1.68 bits per heavy atom. The molecule has 1 N–H and O–H groups in total. The van der Waals surface area contributed by atoms with Gasteiger partial charge in [0.15, 0.2) is 0 Å². The van der Waals surface area contributed by atoms with E-state index < -0.39 is 0 Å². The lowest BCUT2D eigenvalue weighted by Gasteiger charge is -2.41. The summed E-state index contributed by atoms with van der Waals surface area (Å²) in [5.41, 5.74) is 0. The van der Waals surface area contributed by atoms with Gasteiger partial charge < -0.3 is 10.2 Å². The first kappa shape index (κ1) is 15.3. The van der Waals surface area contributed by atoms with Gasteiger partial charge in [-0.1, -0.05) is 33.1 Å². The molecule has 2 nitrogen and oxygen atoms in total. The molecule has 0 amide bonds. The Bertz CT molecular complexity index is 246. The Labute approximate surface area is 120 Å². The summed E-state index contributed by atoms with van der Waals surface area (Å²) in [6.45, 7) is 10.8. The number of rotatable bonds is 5. The average molecular weight is 266 g/mol. The van der Waals surface area contributed by atoms with E-state index in [2.05, 4.69) is 31.0 Å². The van der Waals surface area contributed by atoms with Gasteiger partial charge in [-0.2, -0.15) is 0 Å². The second kappa shape index (κ2) is 7.64. The highest BCUT2D eigenvalue weighted by atomic mass is 15.2. The van der Waals surface area contributed by atoms with E-state index in [1.54, 1.807) is 0 Å². The largest absolute Gasteiger partial charge is 0.314 e. The van der Waals surface area contributed by atoms with E-state index in [-0.39, 0.29) is 0 Å². The molecule has 0 radical (unpaired) electrons. The summed E-state index contributed by atoms with van der Waals surface area (Å²) in [5, 5.41) is 3.63. The van der Waals surface area contributed by atoms with Crippen molar-refractivity contribution in [1.29, 1.82) is 0 Å². The van der Waals surface area contributed by atoms with Crippen LogP contribution in [0.4, 0.5) is 0 Å². The van der Waals surface area contributed by atoms with Crippen LogP contribution in [-0.4, -0.2) is 36.6 Å². The molecule has 1 saturated heterocycles. The monoisotopic (exact) mass is 266 g/mol. The van der Waals surface area contributed by atoms with E-state index in [4.69, 9.17) is 0 Å². The summed E-state index contributed by atoms with van der Waals surface area (Å²) in [5.74, 6) is 2.02. The molecule has 2 atom stereocenters. The van der Waals surface area contributed by atoms with Crippen LogP contribution in [0, 0.1) is 11.8 Å². The topological polar surface area (TPSA) is 15.3 Å². The quantitative estimate of drug-likeness (QED) is 0.817. The molecule has 112 valence electrons. The van der Waals surface area contributed by atoms with Crippen molar-refractivity contribution < 1.29 is 0 Å². The van der Waals surface area contributed by atoms with Gasteiger partial charge in [0.25, 0.3) is 0 Å². The highest BCUT2D eigenvalue weighted by Gasteiger charge is 2.28. The molecule has 0 aromatic heterocycles. The van der Waals surface area contributed by atoms with Crippen molar-refractivity contribution in [3.63, 3.8) is 0 Å². The second-order valence-corrected chi connectivity index (χ2v) is 6.92. The van der Waals surface area contributed by atoms with Crippen molar-refractivity contribution in [2.45, 2.75) is 77.8 Å². The molecule has 2 fully saturated rings. The van der Waals surface area contributed by atoms with E-state index in [1.165, 1.54) is 58.0 Å². The molecule has 0 aromatic rings. The van der Waals surface area contributed by atoms with Crippen LogP contribution in [0.5, 0.6) is 0 Å². The van der Waals surface area contributed by atoms with Crippen molar-refractivity contribution in [3.05, 3.63) is 0 Å². The molecule has 0 spiro atoms. The van der Waals surface area contributed by atoms with Crippen molar-refractivity contribution in [1.82, 2.24) is 10.2 Å². The summed E-state index contributed by atoms with van der Waals surface area (Å²) in [6.07, 6.45) is 10.0. The summed E-state index contributed by atoms with van der Waals surface area (Å²) < 4.78 is 0. The molecule has 2 rings (SSSR count). The third-order valence-electron chi connectivity index (χ3n) is 5.54. The van der Waals surface area contributed by atoms with E-state index in [1.807, 2.05) is 0 Å². The van der Waals surface area contributed by atoms with Crippen LogP contribution in [-0.2, 0) is 0 Å². The van der Waals surface area contributed by atoms with Crippen LogP contribution in [0.3, 0.4) is 0 Å². The number of nitrogens with zero attached hydrogens (tertiary/aromatic N) is 1. The SMILES string of the molecule is CCNC1CCN(CC2CCC(CC)CC2)C(C)C1. The van der Waals surface area contributed by atoms with Gasteiger partial charge in [0.05, 0.1) is 0 Å². The number of hydrogen-bond acceptors (Lipinski definition) is 2. The molecule has 1 heterocycles. The first-order chi connectivity index (χ1) is 9.22. The lowest BCUT2D eigenvalue weighted by atomic mass is 9.80. The Kier molecular flexibility index (Phi) is 6.15. The number of piperidine rings is 1. The smallest absolute Gasteiger partial charge is 0.00939 e. The maximum Gasteiger partial charge on any atom is 0.00939 e. The van der Waals surface area contributed by atoms with Gasteiger partial charge in [-0.25, -0.2) is 0 Å². The summed E-state index contributed by atoms with van der Waals surface area (Å²) in [7, 11) is 0. The molecule has 1 saturated carbocycles. The highest BCUT2D eigenvalue weighted by Crippen LogP contribution is 2.32. The Morgan fingerprint density at radius 3 is 2.26 bits per heavy atom. The molecule has 1 aliphatic carbocycles. The standard InChI is InChI=1S/C17H34N2/c1-4-15-6-8-16(9-7-15)13-19-11-10-17(18-5-2)12-14(19)3/h14-18H,4-13H2,1-3H3. The average Bonchev–Trinajstić information content (AvgIpc) is 2.43. The Morgan fingerprint density at radius 1 is 1.00 bits per heavy atom. The number of nitrogens with one attached hydrogen (secondary N) is 1. The van der Waals surface area contributed by atoms with Crippen molar-refractivity contribution in [2.24, 2.45) is 11.8 Å². The van der Waals surface area contributed by atoms with Crippen molar-refractivity contribution in [3.8, 4) is 0 Å². The fourth-order valence-electron chi connectivity index (χ4n) is 4.12. The van der Waals surface area contributed by atoms with Crippen LogP contribution >= 0.6 is 0 Å². The van der Waals surface area contributed by atoms with Crippen LogP contribution < -0.4 is 5.32 Å². The predicted molar refractivity (Wildman–Crippen MR) is 83.5 cm³/mol. The van der Waals surface area contributed by atoms with Crippen LogP contribution in [0.1, 0.15) is 65.7 Å². The fourth-order valence-corrected chi connectivity index (χ4v) is 4.12. The maximum atomic E-state index is 3.63. The van der Waals surface area contributed by atoms with Crippen LogP contribution in [0.15, 0.2) is 0 Å². The molecule has 1 aliphatic heterocycles. The third-order valence-corrected chi connectivity index (χ3v) is 5.54. The minimum absolute atomic E-state index is 0.770. The van der Waals surface area contributed by atoms with Gasteiger partial charge in [0.1, 0.15) is 0 Å².